The van der Waals surface area contributed by atoms with Crippen LogP contribution in [0.4, 0.5) is 0 Å². The van der Waals surface area contributed by atoms with Crippen molar-refractivity contribution in [1.29, 1.82) is 15.8 Å². The summed E-state index contributed by atoms with van der Waals surface area (Å²) >= 11 is 0. The smallest absolute Gasteiger partial charge is 0.153 e. The summed E-state index contributed by atoms with van der Waals surface area (Å²) in [5.41, 5.74) is 0.600. The fraction of sp³-hybridized carbons (Fsp3) is 0.333. The van der Waals surface area contributed by atoms with E-state index in [0.29, 0.717) is 5.56 Å². The molecule has 1 atom stereocenters. The first kappa shape index (κ1) is 9.77. The van der Waals surface area contributed by atoms with Crippen molar-refractivity contribution in [2.45, 2.75) is 5.92 Å². The van der Waals surface area contributed by atoms with E-state index < -0.39 is 11.8 Å². The summed E-state index contributed by atoms with van der Waals surface area (Å²) in [6.07, 6.45) is 3.13. The van der Waals surface area contributed by atoms with Gasteiger partial charge < -0.3 is 0 Å². The molecule has 0 aromatic carbocycles. The van der Waals surface area contributed by atoms with E-state index in [0.717, 1.165) is 0 Å². The molecule has 0 fully saturated rings. The Hall–Kier alpha value is -2.32. The van der Waals surface area contributed by atoms with Crippen LogP contribution >= 0.6 is 0 Å². The van der Waals surface area contributed by atoms with E-state index in [2.05, 4.69) is 5.10 Å². The van der Waals surface area contributed by atoms with Crippen LogP contribution in [-0.2, 0) is 7.05 Å². The first-order valence-corrected chi connectivity index (χ1v) is 3.90. The normalized spacial score (nSPS) is 11.4. The number of hydrogen-bond acceptors (Lipinski definition) is 4. The van der Waals surface area contributed by atoms with Gasteiger partial charge in [0.25, 0.3) is 0 Å². The number of aryl methyl sites for hydroxylation is 1. The van der Waals surface area contributed by atoms with Gasteiger partial charge in [-0.05, 0) is 0 Å². The molecule has 1 aromatic heterocycles. The molecule has 1 aromatic rings. The minimum Gasteiger partial charge on any atom is -0.275 e. The number of rotatable bonds is 2. The molecule has 68 valence electrons. The van der Waals surface area contributed by atoms with E-state index >= 15 is 0 Å². The van der Waals surface area contributed by atoms with E-state index in [9.17, 15) is 0 Å². The molecule has 0 aliphatic rings. The van der Waals surface area contributed by atoms with Crippen LogP contribution in [0.5, 0.6) is 0 Å². The Morgan fingerprint density at radius 2 is 1.93 bits per heavy atom. The molecule has 0 radical (unpaired) electrons. The lowest BCUT2D eigenvalue weighted by Crippen LogP contribution is -2.06. The first-order valence-electron chi connectivity index (χ1n) is 3.90. The van der Waals surface area contributed by atoms with Crippen LogP contribution in [0.3, 0.4) is 0 Å². The number of aromatic nitrogens is 2. The lowest BCUT2D eigenvalue weighted by molar-refractivity contribution is 0.737. The molecule has 1 rings (SSSR count). The van der Waals surface area contributed by atoms with Gasteiger partial charge in [0, 0.05) is 18.8 Å². The summed E-state index contributed by atoms with van der Waals surface area (Å²) in [7, 11) is 1.71. The molecule has 0 amide bonds. The second-order valence-corrected chi connectivity index (χ2v) is 2.79. The summed E-state index contributed by atoms with van der Waals surface area (Å²) in [5, 5.41) is 30.0. The summed E-state index contributed by atoms with van der Waals surface area (Å²) < 4.78 is 1.53. The highest BCUT2D eigenvalue weighted by Crippen LogP contribution is 2.22. The third kappa shape index (κ3) is 1.71. The van der Waals surface area contributed by atoms with Crippen LogP contribution < -0.4 is 0 Å². The van der Waals surface area contributed by atoms with Crippen molar-refractivity contribution < 1.29 is 0 Å². The second-order valence-electron chi connectivity index (χ2n) is 2.79. The SMILES string of the molecule is Cn1cc(C(C#N)C(C#N)C#N)cn1. The first-order chi connectivity index (χ1) is 6.72. The molecule has 0 N–H and O–H groups in total. The Morgan fingerprint density at radius 1 is 1.29 bits per heavy atom. The monoisotopic (exact) mass is 185 g/mol. The molecular formula is C9H7N5. The third-order valence-corrected chi connectivity index (χ3v) is 1.83. The summed E-state index contributed by atoms with van der Waals surface area (Å²) in [6, 6.07) is 5.51. The van der Waals surface area contributed by atoms with Crippen LogP contribution in [0.2, 0.25) is 0 Å². The van der Waals surface area contributed by atoms with Crippen LogP contribution in [0.15, 0.2) is 12.4 Å². The lowest BCUT2D eigenvalue weighted by atomic mass is 9.91. The minimum atomic E-state index is -0.941. The van der Waals surface area contributed by atoms with Crippen molar-refractivity contribution in [2.24, 2.45) is 13.0 Å². The fourth-order valence-electron chi connectivity index (χ4n) is 1.12. The molecule has 0 bridgehead atoms. The molecular weight excluding hydrogens is 178 g/mol. The van der Waals surface area contributed by atoms with Gasteiger partial charge in [0.15, 0.2) is 5.92 Å². The molecule has 0 aliphatic heterocycles. The van der Waals surface area contributed by atoms with E-state index in [1.807, 2.05) is 6.07 Å². The standard InChI is InChI=1S/C9H7N5/c1-14-6-8(5-13-14)9(4-12)7(2-10)3-11/h5-7,9H,1H3. The van der Waals surface area contributed by atoms with E-state index in [4.69, 9.17) is 15.8 Å². The van der Waals surface area contributed by atoms with Crippen molar-refractivity contribution in [1.82, 2.24) is 9.78 Å². The van der Waals surface area contributed by atoms with Crippen molar-refractivity contribution in [3.8, 4) is 18.2 Å². The molecule has 5 heteroatoms. The maximum Gasteiger partial charge on any atom is 0.153 e. The molecule has 0 saturated heterocycles. The highest BCUT2D eigenvalue weighted by molar-refractivity contribution is 5.27. The average Bonchev–Trinajstić information content (AvgIpc) is 2.60. The molecule has 0 spiro atoms. The predicted octanol–water partition coefficient (Wildman–Crippen LogP) is 0.691. The third-order valence-electron chi connectivity index (χ3n) is 1.83. The Balaban J connectivity index is 3.02. The lowest BCUT2D eigenvalue weighted by Gasteiger charge is -2.04. The Labute approximate surface area is 81.4 Å². The Bertz CT molecular complexity index is 425. The Kier molecular flexibility index (Phi) is 2.84. The van der Waals surface area contributed by atoms with Crippen molar-refractivity contribution >= 4 is 0 Å². The zero-order chi connectivity index (χ0) is 10.6. The summed E-state index contributed by atoms with van der Waals surface area (Å²) in [6.45, 7) is 0. The van der Waals surface area contributed by atoms with Gasteiger partial charge in [-0.1, -0.05) is 0 Å². The van der Waals surface area contributed by atoms with E-state index in [1.54, 1.807) is 25.4 Å². The van der Waals surface area contributed by atoms with Crippen LogP contribution in [0, 0.1) is 39.9 Å². The number of nitriles is 3. The van der Waals surface area contributed by atoms with E-state index in [1.165, 1.54) is 10.9 Å². The molecule has 1 unspecified atom stereocenters. The van der Waals surface area contributed by atoms with Gasteiger partial charge in [-0.15, -0.1) is 0 Å². The highest BCUT2D eigenvalue weighted by atomic mass is 15.2. The topological polar surface area (TPSA) is 89.2 Å². The zero-order valence-electron chi connectivity index (χ0n) is 7.55. The van der Waals surface area contributed by atoms with Gasteiger partial charge in [0.2, 0.25) is 0 Å². The largest absolute Gasteiger partial charge is 0.275 e. The van der Waals surface area contributed by atoms with Gasteiger partial charge in [-0.3, -0.25) is 4.68 Å². The van der Waals surface area contributed by atoms with Crippen LogP contribution in [-0.4, -0.2) is 9.78 Å². The molecule has 5 nitrogen and oxygen atoms in total. The zero-order valence-corrected chi connectivity index (χ0v) is 7.55. The minimum absolute atomic E-state index is 0.600. The van der Waals surface area contributed by atoms with Gasteiger partial charge in [0.1, 0.15) is 5.92 Å². The molecule has 0 saturated carbocycles. The predicted molar refractivity (Wildman–Crippen MR) is 46.3 cm³/mol. The highest BCUT2D eigenvalue weighted by Gasteiger charge is 2.23. The Morgan fingerprint density at radius 3 is 2.29 bits per heavy atom. The summed E-state index contributed by atoms with van der Waals surface area (Å²) in [5.74, 6) is -1.66. The average molecular weight is 185 g/mol. The second kappa shape index (κ2) is 4.07. The molecule has 14 heavy (non-hydrogen) atoms. The number of hydrogen-bond donors (Lipinski definition) is 0. The fourth-order valence-corrected chi connectivity index (χ4v) is 1.12. The van der Waals surface area contributed by atoms with Gasteiger partial charge in [0.05, 0.1) is 24.4 Å². The van der Waals surface area contributed by atoms with Crippen molar-refractivity contribution in [2.75, 3.05) is 0 Å². The van der Waals surface area contributed by atoms with Crippen LogP contribution in [0.1, 0.15) is 11.5 Å². The number of nitrogens with zero attached hydrogens (tertiary/aromatic N) is 5. The maximum atomic E-state index is 8.83. The maximum absolute atomic E-state index is 8.83. The van der Waals surface area contributed by atoms with E-state index in [-0.39, 0.29) is 0 Å². The molecule has 1 heterocycles. The van der Waals surface area contributed by atoms with Gasteiger partial charge in [-0.2, -0.15) is 20.9 Å². The van der Waals surface area contributed by atoms with Gasteiger partial charge in [-0.25, -0.2) is 0 Å². The van der Waals surface area contributed by atoms with Crippen LogP contribution in [0.25, 0.3) is 0 Å². The quantitative estimate of drug-likeness (QED) is 0.677. The van der Waals surface area contributed by atoms with Crippen molar-refractivity contribution in [3.05, 3.63) is 18.0 Å². The van der Waals surface area contributed by atoms with Gasteiger partial charge >= 0.3 is 0 Å². The van der Waals surface area contributed by atoms with Crippen molar-refractivity contribution in [3.63, 3.8) is 0 Å². The molecule has 0 aliphatic carbocycles. The summed E-state index contributed by atoms with van der Waals surface area (Å²) in [4.78, 5) is 0.